The number of nitrogen functional groups attached to an aromatic ring is 1. The standard InChI is InChI=1S/C15H15N5O/c1-9(2)21-14-12-13(19-15(16)20-14)18-11(8-17-12)10-6-4-3-5-7-10/h3-9H,1-2H3,(H2,16,18,19,20). The number of benzene rings is 1. The van der Waals surface area contributed by atoms with Gasteiger partial charge in [0, 0.05) is 5.56 Å². The van der Waals surface area contributed by atoms with Gasteiger partial charge in [-0.3, -0.25) is 0 Å². The van der Waals surface area contributed by atoms with Crippen molar-refractivity contribution in [2.45, 2.75) is 20.0 Å². The maximum Gasteiger partial charge on any atom is 0.247 e. The highest BCUT2D eigenvalue weighted by molar-refractivity contribution is 5.78. The van der Waals surface area contributed by atoms with Gasteiger partial charge in [-0.1, -0.05) is 30.3 Å². The molecule has 0 spiro atoms. The second kappa shape index (κ2) is 5.32. The lowest BCUT2D eigenvalue weighted by Crippen LogP contribution is -2.10. The van der Waals surface area contributed by atoms with Crippen molar-refractivity contribution in [3.63, 3.8) is 0 Å². The molecule has 0 fully saturated rings. The summed E-state index contributed by atoms with van der Waals surface area (Å²) in [5.74, 6) is 0.484. The number of ether oxygens (including phenoxy) is 1. The van der Waals surface area contributed by atoms with Crippen molar-refractivity contribution in [3.05, 3.63) is 36.5 Å². The summed E-state index contributed by atoms with van der Waals surface area (Å²) >= 11 is 0. The molecule has 21 heavy (non-hydrogen) atoms. The molecule has 0 bridgehead atoms. The number of aromatic nitrogens is 4. The van der Waals surface area contributed by atoms with Gasteiger partial charge in [-0.15, -0.1) is 0 Å². The minimum absolute atomic E-state index is 0.0295. The Kier molecular flexibility index (Phi) is 3.35. The second-order valence-corrected chi connectivity index (χ2v) is 4.85. The number of anilines is 1. The Balaban J connectivity index is 2.14. The van der Waals surface area contributed by atoms with Gasteiger partial charge in [0.05, 0.1) is 18.0 Å². The SMILES string of the molecule is CC(C)Oc1nc(N)nc2nc(-c3ccccc3)cnc12. The molecule has 0 unspecified atom stereocenters. The number of nitrogens with zero attached hydrogens (tertiary/aromatic N) is 4. The van der Waals surface area contributed by atoms with E-state index in [1.54, 1.807) is 6.20 Å². The first kappa shape index (κ1) is 13.2. The molecule has 2 heterocycles. The van der Waals surface area contributed by atoms with Crippen LogP contribution in [-0.4, -0.2) is 26.0 Å². The number of hydrogen-bond acceptors (Lipinski definition) is 6. The van der Waals surface area contributed by atoms with Gasteiger partial charge in [-0.05, 0) is 13.8 Å². The van der Waals surface area contributed by atoms with Crippen LogP contribution in [0.25, 0.3) is 22.4 Å². The summed E-state index contributed by atoms with van der Waals surface area (Å²) in [6.07, 6.45) is 1.66. The molecular weight excluding hydrogens is 266 g/mol. The number of fused-ring (bicyclic) bond motifs is 1. The first-order chi connectivity index (χ1) is 10.1. The molecule has 6 heteroatoms. The van der Waals surface area contributed by atoms with Crippen molar-refractivity contribution in [2.75, 3.05) is 5.73 Å². The Morgan fingerprint density at radius 3 is 2.52 bits per heavy atom. The van der Waals surface area contributed by atoms with Crippen LogP contribution >= 0.6 is 0 Å². The summed E-state index contributed by atoms with van der Waals surface area (Å²) in [5.41, 5.74) is 8.36. The van der Waals surface area contributed by atoms with Gasteiger partial charge >= 0.3 is 0 Å². The minimum atomic E-state index is -0.0295. The molecule has 3 aromatic rings. The van der Waals surface area contributed by atoms with E-state index in [-0.39, 0.29) is 12.1 Å². The van der Waals surface area contributed by atoms with E-state index in [1.165, 1.54) is 0 Å². The van der Waals surface area contributed by atoms with Crippen LogP contribution in [0.4, 0.5) is 5.95 Å². The molecule has 1 aromatic carbocycles. The molecule has 0 aliphatic rings. The maximum absolute atomic E-state index is 5.72. The van der Waals surface area contributed by atoms with Crippen molar-refractivity contribution in [3.8, 4) is 17.1 Å². The highest BCUT2D eigenvalue weighted by Crippen LogP contribution is 2.24. The average Bonchev–Trinajstić information content (AvgIpc) is 2.46. The first-order valence-electron chi connectivity index (χ1n) is 6.66. The van der Waals surface area contributed by atoms with Crippen LogP contribution in [0.2, 0.25) is 0 Å². The summed E-state index contributed by atoms with van der Waals surface area (Å²) in [5, 5.41) is 0. The van der Waals surface area contributed by atoms with Gasteiger partial charge in [0.1, 0.15) is 0 Å². The van der Waals surface area contributed by atoms with Crippen molar-refractivity contribution in [1.82, 2.24) is 19.9 Å². The number of hydrogen-bond donors (Lipinski definition) is 1. The smallest absolute Gasteiger partial charge is 0.247 e. The van der Waals surface area contributed by atoms with E-state index >= 15 is 0 Å². The molecule has 106 valence electrons. The highest BCUT2D eigenvalue weighted by Gasteiger charge is 2.13. The lowest BCUT2D eigenvalue weighted by atomic mass is 10.2. The molecular formula is C15H15N5O. The lowest BCUT2D eigenvalue weighted by molar-refractivity contribution is 0.235. The van der Waals surface area contributed by atoms with Gasteiger partial charge in [0.25, 0.3) is 0 Å². The van der Waals surface area contributed by atoms with Gasteiger partial charge in [0.2, 0.25) is 11.8 Å². The molecule has 2 aromatic heterocycles. The van der Waals surface area contributed by atoms with E-state index < -0.39 is 0 Å². The zero-order chi connectivity index (χ0) is 14.8. The fourth-order valence-corrected chi connectivity index (χ4v) is 1.95. The third-order valence-corrected chi connectivity index (χ3v) is 2.81. The van der Waals surface area contributed by atoms with Gasteiger partial charge < -0.3 is 10.5 Å². The second-order valence-electron chi connectivity index (χ2n) is 4.85. The molecule has 0 aliphatic carbocycles. The van der Waals surface area contributed by atoms with Crippen molar-refractivity contribution in [2.24, 2.45) is 0 Å². The van der Waals surface area contributed by atoms with E-state index in [4.69, 9.17) is 10.5 Å². The molecule has 0 amide bonds. The molecule has 0 saturated heterocycles. The van der Waals surface area contributed by atoms with E-state index in [9.17, 15) is 0 Å². The Morgan fingerprint density at radius 2 is 1.81 bits per heavy atom. The predicted molar refractivity (Wildman–Crippen MR) is 80.7 cm³/mol. The minimum Gasteiger partial charge on any atom is -0.473 e. The largest absolute Gasteiger partial charge is 0.473 e. The average molecular weight is 281 g/mol. The van der Waals surface area contributed by atoms with Crippen LogP contribution in [0.15, 0.2) is 36.5 Å². The molecule has 0 aliphatic heterocycles. The summed E-state index contributed by atoms with van der Waals surface area (Å²) in [6, 6.07) is 9.77. The zero-order valence-electron chi connectivity index (χ0n) is 11.8. The summed E-state index contributed by atoms with van der Waals surface area (Å²) < 4.78 is 5.62. The number of rotatable bonds is 3. The number of nitrogens with two attached hydrogens (primary N) is 1. The van der Waals surface area contributed by atoms with Crippen LogP contribution in [0, 0.1) is 0 Å². The third kappa shape index (κ3) is 2.74. The third-order valence-electron chi connectivity index (χ3n) is 2.81. The fraction of sp³-hybridized carbons (Fsp3) is 0.200. The predicted octanol–water partition coefficient (Wildman–Crippen LogP) is 2.46. The van der Waals surface area contributed by atoms with Crippen LogP contribution in [-0.2, 0) is 0 Å². The van der Waals surface area contributed by atoms with Crippen LogP contribution in [0.5, 0.6) is 5.88 Å². The topological polar surface area (TPSA) is 86.8 Å². The normalized spacial score (nSPS) is 11.0. The zero-order valence-corrected chi connectivity index (χ0v) is 11.8. The van der Waals surface area contributed by atoms with Gasteiger partial charge in [-0.2, -0.15) is 9.97 Å². The molecule has 6 nitrogen and oxygen atoms in total. The van der Waals surface area contributed by atoms with Crippen molar-refractivity contribution >= 4 is 17.1 Å². The van der Waals surface area contributed by atoms with Crippen LogP contribution < -0.4 is 10.5 Å². The molecule has 2 N–H and O–H groups in total. The first-order valence-corrected chi connectivity index (χ1v) is 6.66. The van der Waals surface area contributed by atoms with E-state index in [1.807, 2.05) is 44.2 Å². The summed E-state index contributed by atoms with van der Waals surface area (Å²) in [6.45, 7) is 3.83. The Hall–Kier alpha value is -2.76. The lowest BCUT2D eigenvalue weighted by Gasteiger charge is -2.11. The van der Waals surface area contributed by atoms with E-state index in [2.05, 4.69) is 19.9 Å². The monoisotopic (exact) mass is 281 g/mol. The molecule has 0 radical (unpaired) electrons. The van der Waals surface area contributed by atoms with Crippen LogP contribution in [0.3, 0.4) is 0 Å². The molecule has 0 saturated carbocycles. The van der Waals surface area contributed by atoms with Gasteiger partial charge in [0.15, 0.2) is 11.2 Å². The maximum atomic E-state index is 5.72. The Labute approximate surface area is 122 Å². The van der Waals surface area contributed by atoms with E-state index in [0.717, 1.165) is 11.3 Å². The summed E-state index contributed by atoms with van der Waals surface area (Å²) in [7, 11) is 0. The Morgan fingerprint density at radius 1 is 1.05 bits per heavy atom. The van der Waals surface area contributed by atoms with Crippen molar-refractivity contribution in [1.29, 1.82) is 0 Å². The van der Waals surface area contributed by atoms with Crippen LogP contribution in [0.1, 0.15) is 13.8 Å². The van der Waals surface area contributed by atoms with Crippen molar-refractivity contribution < 1.29 is 4.74 Å². The Bertz CT molecular complexity index is 774. The van der Waals surface area contributed by atoms with E-state index in [0.29, 0.717) is 17.0 Å². The van der Waals surface area contributed by atoms with Gasteiger partial charge in [-0.25, -0.2) is 9.97 Å². The highest BCUT2D eigenvalue weighted by atomic mass is 16.5. The fourth-order valence-electron chi connectivity index (χ4n) is 1.95. The molecule has 3 rings (SSSR count). The summed E-state index contributed by atoms with van der Waals surface area (Å²) in [4.78, 5) is 17.1. The molecule has 0 atom stereocenters. The quantitative estimate of drug-likeness (QED) is 0.793.